The molecular weight excluding hydrogens is 551 g/mol. The van der Waals surface area contributed by atoms with Crippen molar-refractivity contribution in [3.8, 4) is 17.0 Å². The quantitative estimate of drug-likeness (QED) is 0.130. The first-order chi connectivity index (χ1) is 18.3. The molecule has 0 fully saturated rings. The third-order valence-corrected chi connectivity index (χ3v) is 6.89. The number of aliphatic carboxylic acids is 1. The maximum Gasteiger partial charge on any atom is 0.371 e. The van der Waals surface area contributed by atoms with Crippen molar-refractivity contribution in [2.45, 2.75) is 26.2 Å². The first-order valence-corrected chi connectivity index (χ1v) is 13.4. The zero-order valence-corrected chi connectivity index (χ0v) is 23.5. The highest BCUT2D eigenvalue weighted by atomic mass is 35.5. The number of carbonyl (C=O) groups is 2. The standard InChI is InChI=1S/C27H28Cl2N2O6S/c1-4-5-10-37-11-9-16-7-6-8-18(24(16)36-3)22-15-38-27(30-22)31-25(32)17-12-20(28)19(21(29)13-17)14-23(35-2)26(33)34/h6-8,12-15H,4-5,9-11H2,1-3H3,(H,33,34)(H,30,31,32)/b23-14-. The smallest absolute Gasteiger partial charge is 0.371 e. The van der Waals surface area contributed by atoms with Crippen LogP contribution in [0.1, 0.15) is 41.3 Å². The Labute approximate surface area is 235 Å². The molecule has 3 aromatic rings. The maximum absolute atomic E-state index is 12.9. The second-order valence-corrected chi connectivity index (χ2v) is 9.75. The average Bonchev–Trinajstić information content (AvgIpc) is 3.35. The lowest BCUT2D eigenvalue weighted by Crippen LogP contribution is -2.12. The number of carboxylic acid groups (broad SMARTS) is 1. The van der Waals surface area contributed by atoms with Gasteiger partial charge in [0.05, 0.1) is 36.6 Å². The highest BCUT2D eigenvalue weighted by molar-refractivity contribution is 7.14. The molecule has 2 aromatic carbocycles. The van der Waals surface area contributed by atoms with E-state index in [9.17, 15) is 9.59 Å². The van der Waals surface area contributed by atoms with Crippen LogP contribution >= 0.6 is 34.5 Å². The molecule has 2 N–H and O–H groups in total. The Kier molecular flexibility index (Phi) is 11.0. The number of thiazole rings is 1. The number of hydrogen-bond donors (Lipinski definition) is 2. The zero-order valence-electron chi connectivity index (χ0n) is 21.2. The van der Waals surface area contributed by atoms with Crippen molar-refractivity contribution in [1.29, 1.82) is 0 Å². The number of ether oxygens (including phenoxy) is 3. The fourth-order valence-corrected chi connectivity index (χ4v) is 4.87. The van der Waals surface area contributed by atoms with Gasteiger partial charge < -0.3 is 19.3 Å². The molecule has 0 spiro atoms. The van der Waals surface area contributed by atoms with E-state index in [2.05, 4.69) is 17.2 Å². The Bertz CT molecular complexity index is 1300. The molecule has 8 nitrogen and oxygen atoms in total. The van der Waals surface area contributed by atoms with Crippen molar-refractivity contribution in [2.75, 3.05) is 32.8 Å². The number of halogens is 2. The highest BCUT2D eigenvalue weighted by Gasteiger charge is 2.18. The van der Waals surface area contributed by atoms with Crippen LogP contribution < -0.4 is 10.1 Å². The Morgan fingerprint density at radius 2 is 1.89 bits per heavy atom. The van der Waals surface area contributed by atoms with Crippen molar-refractivity contribution in [3.63, 3.8) is 0 Å². The number of anilines is 1. The molecule has 0 aliphatic carbocycles. The molecular formula is C27H28Cl2N2O6S. The molecule has 1 amide bonds. The summed E-state index contributed by atoms with van der Waals surface area (Å²) in [5.74, 6) is -1.37. The molecule has 38 heavy (non-hydrogen) atoms. The Hall–Kier alpha value is -3.11. The number of nitrogens with zero attached hydrogens (tertiary/aromatic N) is 1. The van der Waals surface area contributed by atoms with Crippen molar-refractivity contribution in [2.24, 2.45) is 0 Å². The van der Waals surface area contributed by atoms with E-state index in [1.807, 2.05) is 23.6 Å². The molecule has 0 bridgehead atoms. The minimum atomic E-state index is -1.27. The first-order valence-electron chi connectivity index (χ1n) is 11.8. The van der Waals surface area contributed by atoms with Gasteiger partial charge in [0.2, 0.25) is 5.76 Å². The van der Waals surface area contributed by atoms with Crippen molar-refractivity contribution >= 4 is 57.6 Å². The van der Waals surface area contributed by atoms with Gasteiger partial charge >= 0.3 is 5.97 Å². The van der Waals surface area contributed by atoms with Crippen LogP contribution in [0.4, 0.5) is 5.13 Å². The van der Waals surface area contributed by atoms with Gasteiger partial charge in [0.25, 0.3) is 5.91 Å². The van der Waals surface area contributed by atoms with E-state index in [1.165, 1.54) is 36.7 Å². The minimum Gasteiger partial charge on any atom is -0.496 e. The van der Waals surface area contributed by atoms with Gasteiger partial charge in [0.15, 0.2) is 5.13 Å². The van der Waals surface area contributed by atoms with Crippen LogP contribution in [0, 0.1) is 0 Å². The highest BCUT2D eigenvalue weighted by Crippen LogP contribution is 2.35. The summed E-state index contributed by atoms with van der Waals surface area (Å²) < 4.78 is 16.2. The summed E-state index contributed by atoms with van der Waals surface area (Å²) in [4.78, 5) is 28.7. The number of carbonyl (C=O) groups excluding carboxylic acids is 1. The lowest BCUT2D eigenvalue weighted by molar-refractivity contribution is -0.135. The summed E-state index contributed by atoms with van der Waals surface area (Å²) in [7, 11) is 2.84. The number of methoxy groups -OCH3 is 2. The summed E-state index contributed by atoms with van der Waals surface area (Å²) >= 11 is 13.8. The Morgan fingerprint density at radius 3 is 2.53 bits per heavy atom. The van der Waals surface area contributed by atoms with E-state index in [-0.39, 0.29) is 26.9 Å². The summed E-state index contributed by atoms with van der Waals surface area (Å²) in [6.07, 6.45) is 4.02. The number of unbranched alkanes of at least 4 members (excludes halogenated alkanes) is 1. The van der Waals surface area contributed by atoms with Crippen molar-refractivity contribution < 1.29 is 28.9 Å². The third kappa shape index (κ3) is 7.48. The fourth-order valence-electron chi connectivity index (χ4n) is 3.57. The van der Waals surface area contributed by atoms with Crippen LogP contribution in [0.2, 0.25) is 10.0 Å². The molecule has 0 saturated carbocycles. The average molecular weight is 580 g/mol. The van der Waals surface area contributed by atoms with Gasteiger partial charge in [-0.1, -0.05) is 48.7 Å². The summed E-state index contributed by atoms with van der Waals surface area (Å²) in [5.41, 5.74) is 2.89. The van der Waals surface area contributed by atoms with Crippen LogP contribution in [0.3, 0.4) is 0 Å². The predicted octanol–water partition coefficient (Wildman–Crippen LogP) is 6.81. The van der Waals surface area contributed by atoms with Crippen LogP contribution in [-0.4, -0.2) is 49.4 Å². The van der Waals surface area contributed by atoms with Gasteiger partial charge in [-0.15, -0.1) is 11.3 Å². The van der Waals surface area contributed by atoms with E-state index in [4.69, 9.17) is 42.5 Å². The zero-order chi connectivity index (χ0) is 27.7. The van der Waals surface area contributed by atoms with Gasteiger partial charge in [-0.05, 0) is 42.7 Å². The maximum atomic E-state index is 12.9. The second-order valence-electron chi connectivity index (χ2n) is 8.08. The molecule has 0 aliphatic rings. The number of amides is 1. The van der Waals surface area contributed by atoms with Gasteiger partial charge in [0, 0.05) is 28.7 Å². The number of benzene rings is 2. The number of aromatic nitrogens is 1. The van der Waals surface area contributed by atoms with Crippen LogP contribution in [0.15, 0.2) is 41.5 Å². The van der Waals surface area contributed by atoms with Crippen LogP contribution in [0.5, 0.6) is 5.75 Å². The molecule has 202 valence electrons. The fraction of sp³-hybridized carbons (Fsp3) is 0.296. The summed E-state index contributed by atoms with van der Waals surface area (Å²) in [5, 5.41) is 14.3. The van der Waals surface area contributed by atoms with Gasteiger partial charge in [-0.2, -0.15) is 0 Å². The van der Waals surface area contributed by atoms with E-state index < -0.39 is 11.9 Å². The predicted molar refractivity (Wildman–Crippen MR) is 151 cm³/mol. The van der Waals surface area contributed by atoms with Gasteiger partial charge in [-0.25, -0.2) is 9.78 Å². The monoisotopic (exact) mass is 578 g/mol. The molecule has 1 aromatic heterocycles. The summed E-state index contributed by atoms with van der Waals surface area (Å²) in [6, 6.07) is 8.65. The van der Waals surface area contributed by atoms with E-state index in [0.717, 1.165) is 30.6 Å². The van der Waals surface area contributed by atoms with Gasteiger partial charge in [-0.3, -0.25) is 10.1 Å². The first kappa shape index (κ1) is 29.4. The van der Waals surface area contributed by atoms with Crippen molar-refractivity contribution in [3.05, 3.63) is 68.2 Å². The lowest BCUT2D eigenvalue weighted by Gasteiger charge is -2.12. The molecule has 0 saturated heterocycles. The normalized spacial score (nSPS) is 11.3. The summed E-state index contributed by atoms with van der Waals surface area (Å²) in [6.45, 7) is 3.46. The molecule has 11 heteroatoms. The lowest BCUT2D eigenvalue weighted by atomic mass is 10.0. The molecule has 0 unspecified atom stereocenters. The molecule has 1 heterocycles. The van der Waals surface area contributed by atoms with Gasteiger partial charge in [0.1, 0.15) is 5.75 Å². The molecule has 3 rings (SSSR count). The topological polar surface area (TPSA) is 107 Å². The third-order valence-electron chi connectivity index (χ3n) is 5.51. The largest absolute Gasteiger partial charge is 0.496 e. The number of carboxylic acids is 1. The number of nitrogens with one attached hydrogen (secondary N) is 1. The molecule has 0 radical (unpaired) electrons. The Balaban J connectivity index is 1.77. The van der Waals surface area contributed by atoms with E-state index in [0.29, 0.717) is 29.6 Å². The van der Waals surface area contributed by atoms with E-state index in [1.54, 1.807) is 7.11 Å². The second kappa shape index (κ2) is 14.2. The Morgan fingerprint density at radius 1 is 1.16 bits per heavy atom. The molecule has 0 aliphatic heterocycles. The SMILES string of the molecule is CCCCOCCc1cccc(-c2csc(NC(=O)c3cc(Cl)c(/C=C(\OC)C(=O)O)c(Cl)c3)n2)c1OC. The number of rotatable bonds is 13. The number of hydrogen-bond acceptors (Lipinski definition) is 7. The molecule has 0 atom stereocenters. The number of para-hydroxylation sites is 1. The van der Waals surface area contributed by atoms with Crippen molar-refractivity contribution in [1.82, 2.24) is 4.98 Å². The van der Waals surface area contributed by atoms with E-state index >= 15 is 0 Å². The minimum absolute atomic E-state index is 0.0958. The van der Waals surface area contributed by atoms with Crippen LogP contribution in [0.25, 0.3) is 17.3 Å². The van der Waals surface area contributed by atoms with Crippen LogP contribution in [-0.2, 0) is 20.7 Å².